The summed E-state index contributed by atoms with van der Waals surface area (Å²) in [6.45, 7) is 6.41. The molecule has 1 atom stereocenters. The van der Waals surface area contributed by atoms with E-state index in [1.807, 2.05) is 0 Å². The summed E-state index contributed by atoms with van der Waals surface area (Å²) in [5.74, 6) is 2.19. The van der Waals surface area contributed by atoms with E-state index in [1.54, 1.807) is 0 Å². The predicted molar refractivity (Wildman–Crippen MR) is 60.9 cm³/mol. The molecule has 84 valence electrons. The van der Waals surface area contributed by atoms with E-state index in [4.69, 9.17) is 16.3 Å². The van der Waals surface area contributed by atoms with E-state index in [-0.39, 0.29) is 0 Å². The highest BCUT2D eigenvalue weighted by Gasteiger charge is 2.16. The minimum Gasteiger partial charge on any atom is -0.381 e. The van der Waals surface area contributed by atoms with E-state index in [2.05, 4.69) is 18.9 Å². The number of rotatable bonds is 5. The summed E-state index contributed by atoms with van der Waals surface area (Å²) < 4.78 is 5.34. The van der Waals surface area contributed by atoms with Crippen LogP contribution in [0.15, 0.2) is 0 Å². The van der Waals surface area contributed by atoms with E-state index in [0.717, 1.165) is 31.6 Å². The second kappa shape index (κ2) is 6.65. The second-order valence-electron chi connectivity index (χ2n) is 4.54. The Hall–Kier alpha value is 0.210. The van der Waals surface area contributed by atoms with Gasteiger partial charge in [0.05, 0.1) is 0 Å². The lowest BCUT2D eigenvalue weighted by molar-refractivity contribution is 0.0546. The Bertz CT molecular complexity index is 148. The molecule has 0 aromatic rings. The van der Waals surface area contributed by atoms with Crippen molar-refractivity contribution in [1.82, 2.24) is 4.90 Å². The van der Waals surface area contributed by atoms with Crippen LogP contribution < -0.4 is 0 Å². The van der Waals surface area contributed by atoms with E-state index in [1.165, 1.54) is 19.4 Å². The Kier molecular flexibility index (Phi) is 5.83. The fourth-order valence-electron chi connectivity index (χ4n) is 2.03. The van der Waals surface area contributed by atoms with Gasteiger partial charge in [0.25, 0.3) is 0 Å². The molecule has 0 spiro atoms. The molecule has 1 saturated heterocycles. The Balaban J connectivity index is 2.14. The van der Waals surface area contributed by atoms with Gasteiger partial charge < -0.3 is 9.64 Å². The van der Waals surface area contributed by atoms with Gasteiger partial charge in [-0.3, -0.25) is 0 Å². The third-order valence-corrected chi connectivity index (χ3v) is 3.32. The highest BCUT2D eigenvalue weighted by Crippen LogP contribution is 2.16. The summed E-state index contributed by atoms with van der Waals surface area (Å²) in [4.78, 5) is 2.41. The number of ether oxygens (including phenoxy) is 1. The molecule has 1 heterocycles. The molecule has 0 aromatic carbocycles. The van der Waals surface area contributed by atoms with Crippen LogP contribution in [0.25, 0.3) is 0 Å². The van der Waals surface area contributed by atoms with Crippen LogP contribution in [-0.4, -0.2) is 44.1 Å². The third-order valence-electron chi connectivity index (χ3n) is 2.80. The van der Waals surface area contributed by atoms with Gasteiger partial charge in [0.2, 0.25) is 0 Å². The van der Waals surface area contributed by atoms with Crippen LogP contribution in [0.4, 0.5) is 0 Å². The lowest BCUT2D eigenvalue weighted by atomic mass is 9.99. The fraction of sp³-hybridized carbons (Fsp3) is 1.00. The maximum Gasteiger partial charge on any atom is 0.0469 e. The summed E-state index contributed by atoms with van der Waals surface area (Å²) >= 11 is 5.79. The van der Waals surface area contributed by atoms with Gasteiger partial charge in [-0.15, -0.1) is 11.6 Å². The number of hydrogen-bond donors (Lipinski definition) is 0. The number of halogens is 1. The topological polar surface area (TPSA) is 12.5 Å². The van der Waals surface area contributed by atoms with Gasteiger partial charge in [0, 0.05) is 32.2 Å². The lowest BCUT2D eigenvalue weighted by Gasteiger charge is -2.28. The van der Waals surface area contributed by atoms with Crippen LogP contribution in [-0.2, 0) is 4.74 Å². The van der Waals surface area contributed by atoms with E-state index < -0.39 is 0 Å². The second-order valence-corrected chi connectivity index (χ2v) is 4.85. The zero-order chi connectivity index (χ0) is 10.4. The first kappa shape index (κ1) is 12.3. The van der Waals surface area contributed by atoms with E-state index in [9.17, 15) is 0 Å². The van der Waals surface area contributed by atoms with Gasteiger partial charge in [-0.2, -0.15) is 0 Å². The standard InChI is InChI=1S/C11H22ClNO/c1-10(7-12)8-13(2)9-11-3-5-14-6-4-11/h10-11H,3-9H2,1-2H3. The summed E-state index contributed by atoms with van der Waals surface area (Å²) in [5, 5.41) is 0. The summed E-state index contributed by atoms with van der Waals surface area (Å²) in [7, 11) is 2.19. The van der Waals surface area contributed by atoms with Crippen molar-refractivity contribution in [2.24, 2.45) is 11.8 Å². The minimum atomic E-state index is 0.599. The van der Waals surface area contributed by atoms with Crippen molar-refractivity contribution in [3.63, 3.8) is 0 Å². The molecular weight excluding hydrogens is 198 g/mol. The highest BCUT2D eigenvalue weighted by molar-refractivity contribution is 6.18. The monoisotopic (exact) mass is 219 g/mol. The van der Waals surface area contributed by atoms with Crippen LogP contribution >= 0.6 is 11.6 Å². The van der Waals surface area contributed by atoms with Crippen molar-refractivity contribution < 1.29 is 4.74 Å². The Morgan fingerprint density at radius 2 is 2.07 bits per heavy atom. The van der Waals surface area contributed by atoms with Gasteiger partial charge in [-0.1, -0.05) is 6.92 Å². The Morgan fingerprint density at radius 1 is 1.43 bits per heavy atom. The van der Waals surface area contributed by atoms with Gasteiger partial charge in [-0.05, 0) is 31.7 Å². The highest BCUT2D eigenvalue weighted by atomic mass is 35.5. The first-order valence-corrected chi connectivity index (χ1v) is 6.08. The molecule has 0 N–H and O–H groups in total. The van der Waals surface area contributed by atoms with Crippen molar-refractivity contribution in [3.05, 3.63) is 0 Å². The van der Waals surface area contributed by atoms with Crippen molar-refractivity contribution >= 4 is 11.6 Å². The molecule has 0 aromatic heterocycles. The average molecular weight is 220 g/mol. The predicted octanol–water partition coefficient (Wildman–Crippen LogP) is 2.22. The van der Waals surface area contributed by atoms with Crippen LogP contribution in [0.2, 0.25) is 0 Å². The Morgan fingerprint density at radius 3 is 2.64 bits per heavy atom. The molecule has 0 bridgehead atoms. The summed E-state index contributed by atoms with van der Waals surface area (Å²) in [5.41, 5.74) is 0. The molecule has 1 rings (SSSR count). The van der Waals surface area contributed by atoms with Crippen LogP contribution in [0.1, 0.15) is 19.8 Å². The zero-order valence-corrected chi connectivity index (χ0v) is 10.1. The fourth-order valence-corrected chi connectivity index (χ4v) is 2.12. The SMILES string of the molecule is CC(CCl)CN(C)CC1CCOCC1. The molecule has 1 unspecified atom stereocenters. The average Bonchev–Trinajstić information content (AvgIpc) is 2.19. The molecule has 3 heteroatoms. The Labute approximate surface area is 92.6 Å². The van der Waals surface area contributed by atoms with Crippen molar-refractivity contribution in [3.8, 4) is 0 Å². The van der Waals surface area contributed by atoms with Crippen molar-refractivity contribution in [1.29, 1.82) is 0 Å². The van der Waals surface area contributed by atoms with E-state index >= 15 is 0 Å². The van der Waals surface area contributed by atoms with Gasteiger partial charge in [0.15, 0.2) is 0 Å². The molecule has 1 aliphatic rings. The normalized spacial score (nSPS) is 21.4. The van der Waals surface area contributed by atoms with Crippen LogP contribution in [0.3, 0.4) is 0 Å². The number of alkyl halides is 1. The molecule has 0 amide bonds. The van der Waals surface area contributed by atoms with E-state index in [0.29, 0.717) is 5.92 Å². The first-order chi connectivity index (χ1) is 6.72. The summed E-state index contributed by atoms with van der Waals surface area (Å²) in [6.07, 6.45) is 2.44. The molecule has 0 aliphatic carbocycles. The minimum absolute atomic E-state index is 0.599. The van der Waals surface area contributed by atoms with Crippen molar-refractivity contribution in [2.75, 3.05) is 39.2 Å². The lowest BCUT2D eigenvalue weighted by Crippen LogP contribution is -2.32. The summed E-state index contributed by atoms with van der Waals surface area (Å²) in [6, 6.07) is 0. The molecule has 0 saturated carbocycles. The van der Waals surface area contributed by atoms with Gasteiger partial charge >= 0.3 is 0 Å². The quantitative estimate of drug-likeness (QED) is 0.658. The maximum atomic E-state index is 5.79. The molecule has 2 nitrogen and oxygen atoms in total. The van der Waals surface area contributed by atoms with Gasteiger partial charge in [0.1, 0.15) is 0 Å². The molecule has 0 radical (unpaired) electrons. The third kappa shape index (κ3) is 4.63. The van der Waals surface area contributed by atoms with Gasteiger partial charge in [-0.25, -0.2) is 0 Å². The van der Waals surface area contributed by atoms with Crippen LogP contribution in [0, 0.1) is 11.8 Å². The molecule has 14 heavy (non-hydrogen) atoms. The number of nitrogens with zero attached hydrogens (tertiary/aromatic N) is 1. The number of hydrogen-bond acceptors (Lipinski definition) is 2. The first-order valence-electron chi connectivity index (χ1n) is 5.54. The van der Waals surface area contributed by atoms with Crippen molar-refractivity contribution in [2.45, 2.75) is 19.8 Å². The molecular formula is C11H22ClNO. The largest absolute Gasteiger partial charge is 0.381 e. The maximum absolute atomic E-state index is 5.79. The van der Waals surface area contributed by atoms with Crippen LogP contribution in [0.5, 0.6) is 0 Å². The zero-order valence-electron chi connectivity index (χ0n) is 9.34. The smallest absolute Gasteiger partial charge is 0.0469 e. The molecule has 1 aliphatic heterocycles. The molecule has 1 fully saturated rings.